The molecule has 2 aromatic carbocycles. The van der Waals surface area contributed by atoms with Crippen molar-refractivity contribution in [2.24, 2.45) is 0 Å². The van der Waals surface area contributed by atoms with Gasteiger partial charge in [-0.05, 0) is 53.8 Å². The van der Waals surface area contributed by atoms with E-state index in [-0.39, 0.29) is 5.91 Å². The quantitative estimate of drug-likeness (QED) is 0.481. The first kappa shape index (κ1) is 26.9. The van der Waals surface area contributed by atoms with E-state index in [1.165, 1.54) is 11.3 Å². The van der Waals surface area contributed by atoms with Gasteiger partial charge in [0.25, 0.3) is 5.91 Å². The van der Waals surface area contributed by atoms with E-state index in [2.05, 4.69) is 70.7 Å². The topological polar surface area (TPSA) is 67.9 Å². The summed E-state index contributed by atoms with van der Waals surface area (Å²) in [6.45, 7) is 10.7. The number of allylic oxidation sites excluding steroid dienone is 4. The van der Waals surface area contributed by atoms with Crippen LogP contribution in [0.4, 0.5) is 5.69 Å². The van der Waals surface area contributed by atoms with Gasteiger partial charge in [0.2, 0.25) is 6.41 Å². The zero-order chi connectivity index (χ0) is 27.2. The predicted octanol–water partition coefficient (Wildman–Crippen LogP) is 4.20. The highest BCUT2D eigenvalue weighted by molar-refractivity contribution is 5.96. The smallest absolute Gasteiger partial charge is 0.258 e. The van der Waals surface area contributed by atoms with Crippen molar-refractivity contribution in [2.75, 3.05) is 37.6 Å². The number of nitrogens with zero attached hydrogens (tertiary/aromatic N) is 3. The van der Waals surface area contributed by atoms with Crippen LogP contribution in [0.25, 0.3) is 0 Å². The van der Waals surface area contributed by atoms with E-state index in [0.29, 0.717) is 24.6 Å². The van der Waals surface area contributed by atoms with Gasteiger partial charge in [0.05, 0.1) is 0 Å². The van der Waals surface area contributed by atoms with Gasteiger partial charge >= 0.3 is 0 Å². The molecule has 0 atom stereocenters. The SMILES string of the molecule is CC(C)NCc1ccccc1N1CCN(Cc2cccc(C(=O)N3CCC4=CCC=C(NC=O)C=C43)c2)CC1. The Labute approximate surface area is 231 Å². The monoisotopic (exact) mass is 525 g/mol. The third-order valence-corrected chi connectivity index (χ3v) is 7.67. The van der Waals surface area contributed by atoms with Gasteiger partial charge in [0, 0.05) is 74.5 Å². The molecule has 5 rings (SSSR count). The van der Waals surface area contributed by atoms with Crippen LogP contribution in [0.15, 0.2) is 83.7 Å². The number of anilines is 1. The highest BCUT2D eigenvalue weighted by atomic mass is 16.2. The molecule has 0 radical (unpaired) electrons. The van der Waals surface area contributed by atoms with Crippen molar-refractivity contribution < 1.29 is 9.59 Å². The van der Waals surface area contributed by atoms with E-state index in [9.17, 15) is 9.59 Å². The van der Waals surface area contributed by atoms with Gasteiger partial charge in [-0.25, -0.2) is 0 Å². The summed E-state index contributed by atoms with van der Waals surface area (Å²) in [5.41, 5.74) is 7.33. The highest BCUT2D eigenvalue weighted by Gasteiger charge is 2.29. The molecule has 2 fully saturated rings. The van der Waals surface area contributed by atoms with E-state index < -0.39 is 0 Å². The molecule has 204 valence electrons. The molecular formula is C32H39N5O2. The number of fused-ring (bicyclic) bond motifs is 1. The fourth-order valence-electron chi connectivity index (χ4n) is 5.59. The van der Waals surface area contributed by atoms with Gasteiger partial charge in [0.1, 0.15) is 0 Å². The van der Waals surface area contributed by atoms with Gasteiger partial charge in [-0.1, -0.05) is 56.3 Å². The van der Waals surface area contributed by atoms with Crippen LogP contribution in [0.2, 0.25) is 0 Å². The fourth-order valence-corrected chi connectivity index (χ4v) is 5.59. The summed E-state index contributed by atoms with van der Waals surface area (Å²) in [6.07, 6.45) is 8.29. The maximum Gasteiger partial charge on any atom is 0.258 e. The number of amides is 2. The van der Waals surface area contributed by atoms with Crippen LogP contribution in [0.3, 0.4) is 0 Å². The first-order chi connectivity index (χ1) is 19.0. The summed E-state index contributed by atoms with van der Waals surface area (Å²) in [6, 6.07) is 17.2. The second kappa shape index (κ2) is 12.5. The Balaban J connectivity index is 1.22. The number of likely N-dealkylation sites (tertiary alicyclic amines) is 1. The lowest BCUT2D eigenvalue weighted by molar-refractivity contribution is -0.108. The average Bonchev–Trinajstić information content (AvgIpc) is 3.23. The molecule has 7 nitrogen and oxygen atoms in total. The van der Waals surface area contributed by atoms with E-state index in [4.69, 9.17) is 0 Å². The Kier molecular flexibility index (Phi) is 8.59. The molecule has 2 aromatic rings. The van der Waals surface area contributed by atoms with Gasteiger partial charge < -0.3 is 20.4 Å². The summed E-state index contributed by atoms with van der Waals surface area (Å²) in [5.74, 6) is 0.00952. The number of para-hydroxylation sites is 1. The van der Waals surface area contributed by atoms with Crippen molar-refractivity contribution >= 4 is 18.0 Å². The molecule has 0 unspecified atom stereocenters. The molecule has 2 saturated heterocycles. The van der Waals surface area contributed by atoms with E-state index in [1.54, 1.807) is 0 Å². The standard InChI is InChI=1S/C32H39N5O2/c1-24(2)33-21-28-8-3-4-12-30(28)36-17-15-35(16-18-36)22-25-7-5-10-27(19-25)32(39)37-14-13-26-9-6-11-29(34-23-38)20-31(26)37/h3-5,7-12,19-20,23-24,33H,6,13-18,21-22H2,1-2H3,(H,34,38). The van der Waals surface area contributed by atoms with Gasteiger partial charge in [-0.2, -0.15) is 0 Å². The summed E-state index contributed by atoms with van der Waals surface area (Å²) in [5, 5.41) is 6.29. The molecule has 39 heavy (non-hydrogen) atoms. The fraction of sp³-hybridized carbons (Fsp3) is 0.375. The lowest BCUT2D eigenvalue weighted by Crippen LogP contribution is -2.46. The maximum absolute atomic E-state index is 13.6. The second-order valence-electron chi connectivity index (χ2n) is 10.8. The van der Waals surface area contributed by atoms with Gasteiger partial charge in [0.15, 0.2) is 0 Å². The van der Waals surface area contributed by atoms with Gasteiger partial charge in [-0.3, -0.25) is 14.5 Å². The second-order valence-corrected chi connectivity index (χ2v) is 10.8. The summed E-state index contributed by atoms with van der Waals surface area (Å²) < 4.78 is 0. The average molecular weight is 526 g/mol. The van der Waals surface area contributed by atoms with E-state index in [1.807, 2.05) is 35.3 Å². The van der Waals surface area contributed by atoms with E-state index >= 15 is 0 Å². The van der Waals surface area contributed by atoms with Crippen LogP contribution in [-0.4, -0.2) is 60.9 Å². The van der Waals surface area contributed by atoms with Crippen molar-refractivity contribution in [1.29, 1.82) is 0 Å². The van der Waals surface area contributed by atoms with Crippen LogP contribution in [0, 0.1) is 0 Å². The lowest BCUT2D eigenvalue weighted by atomic mass is 10.1. The Morgan fingerprint density at radius 2 is 1.82 bits per heavy atom. The van der Waals surface area contributed by atoms with Crippen molar-refractivity contribution in [1.82, 2.24) is 20.4 Å². The molecule has 0 bridgehead atoms. The molecule has 3 aliphatic rings. The summed E-state index contributed by atoms with van der Waals surface area (Å²) >= 11 is 0. The maximum atomic E-state index is 13.6. The van der Waals surface area contributed by atoms with Crippen LogP contribution in [0.1, 0.15) is 48.2 Å². The van der Waals surface area contributed by atoms with Crippen LogP contribution in [0.5, 0.6) is 0 Å². The molecule has 1 aliphatic carbocycles. The zero-order valence-electron chi connectivity index (χ0n) is 23.0. The number of carbonyl (C=O) groups is 2. The van der Waals surface area contributed by atoms with Crippen molar-refractivity contribution in [3.8, 4) is 0 Å². The first-order valence-corrected chi connectivity index (χ1v) is 14.0. The Hall–Kier alpha value is -3.68. The number of hydrogen-bond donors (Lipinski definition) is 2. The Morgan fingerprint density at radius 1 is 1.00 bits per heavy atom. The molecular weight excluding hydrogens is 486 g/mol. The molecule has 0 aromatic heterocycles. The molecule has 2 heterocycles. The molecule has 2 amide bonds. The first-order valence-electron chi connectivity index (χ1n) is 14.0. The number of hydrogen-bond acceptors (Lipinski definition) is 5. The molecule has 7 heteroatoms. The predicted molar refractivity (Wildman–Crippen MR) is 156 cm³/mol. The number of carbonyl (C=O) groups excluding carboxylic acids is 2. The summed E-state index contributed by atoms with van der Waals surface area (Å²) in [7, 11) is 0. The molecule has 2 aliphatic heterocycles. The van der Waals surface area contributed by atoms with Crippen molar-refractivity contribution in [3.63, 3.8) is 0 Å². The van der Waals surface area contributed by atoms with Gasteiger partial charge in [-0.15, -0.1) is 0 Å². The minimum Gasteiger partial charge on any atom is -0.369 e. The molecule has 2 N–H and O–H groups in total. The lowest BCUT2D eigenvalue weighted by Gasteiger charge is -2.37. The number of piperazine rings is 1. The van der Waals surface area contributed by atoms with E-state index in [0.717, 1.165) is 74.6 Å². The minimum absolute atomic E-state index is 0.00952. The van der Waals surface area contributed by atoms with Crippen LogP contribution < -0.4 is 15.5 Å². The normalized spacial score (nSPS) is 17.8. The van der Waals surface area contributed by atoms with Crippen LogP contribution >= 0.6 is 0 Å². The third-order valence-electron chi connectivity index (χ3n) is 7.67. The number of benzene rings is 2. The Morgan fingerprint density at radius 3 is 2.62 bits per heavy atom. The van der Waals surface area contributed by atoms with Crippen molar-refractivity contribution in [3.05, 3.63) is 100 Å². The minimum atomic E-state index is 0.00952. The Bertz CT molecular complexity index is 1290. The highest BCUT2D eigenvalue weighted by Crippen LogP contribution is 2.32. The molecule has 0 saturated carbocycles. The molecule has 0 spiro atoms. The number of rotatable bonds is 9. The summed E-state index contributed by atoms with van der Waals surface area (Å²) in [4.78, 5) is 31.4. The van der Waals surface area contributed by atoms with Crippen molar-refractivity contribution in [2.45, 2.75) is 45.8 Å². The van der Waals surface area contributed by atoms with Crippen LogP contribution in [-0.2, 0) is 17.9 Å². The zero-order valence-corrected chi connectivity index (χ0v) is 23.0. The number of nitrogens with one attached hydrogen (secondary N) is 2. The third kappa shape index (κ3) is 6.49. The largest absolute Gasteiger partial charge is 0.369 e.